The van der Waals surface area contributed by atoms with Crippen LogP contribution in [-0.4, -0.2) is 42.7 Å². The lowest BCUT2D eigenvalue weighted by Gasteiger charge is -2.24. The van der Waals surface area contributed by atoms with Crippen molar-refractivity contribution in [2.45, 2.75) is 43.9 Å². The van der Waals surface area contributed by atoms with Gasteiger partial charge in [0.1, 0.15) is 10.6 Å². The highest BCUT2D eigenvalue weighted by Crippen LogP contribution is 2.32. The van der Waals surface area contributed by atoms with E-state index in [-0.39, 0.29) is 5.92 Å². The first-order valence-corrected chi connectivity index (χ1v) is 10.4. The maximum Gasteiger partial charge on any atom is 0.246 e. The zero-order valence-corrected chi connectivity index (χ0v) is 16.7. The summed E-state index contributed by atoms with van der Waals surface area (Å²) in [6.07, 6.45) is 2.89. The molecule has 1 saturated heterocycles. The van der Waals surface area contributed by atoms with Crippen LogP contribution < -0.4 is 4.74 Å². The monoisotopic (exact) mass is 377 g/mol. The summed E-state index contributed by atoms with van der Waals surface area (Å²) >= 11 is 0. The minimum absolute atomic E-state index is 0.190. The molecule has 0 amide bonds. The Balaban J connectivity index is 1.91. The Morgan fingerprint density at radius 1 is 1.15 bits per heavy atom. The van der Waals surface area contributed by atoms with E-state index in [1.54, 1.807) is 30.1 Å². The Morgan fingerprint density at radius 2 is 1.85 bits per heavy atom. The third-order valence-electron chi connectivity index (χ3n) is 5.26. The van der Waals surface area contributed by atoms with Gasteiger partial charge in [-0.05, 0) is 50.3 Å². The van der Waals surface area contributed by atoms with Gasteiger partial charge in [0.2, 0.25) is 10.0 Å². The van der Waals surface area contributed by atoms with E-state index in [2.05, 4.69) is 5.10 Å². The second-order valence-electron chi connectivity index (χ2n) is 6.95. The molecule has 0 spiro atoms. The van der Waals surface area contributed by atoms with Crippen molar-refractivity contribution in [3.05, 3.63) is 41.2 Å². The van der Waals surface area contributed by atoms with Crippen molar-refractivity contribution in [2.75, 3.05) is 20.2 Å². The van der Waals surface area contributed by atoms with Crippen molar-refractivity contribution in [3.63, 3.8) is 0 Å². The van der Waals surface area contributed by atoms with Crippen LogP contribution >= 0.6 is 0 Å². The Kier molecular flexibility index (Phi) is 5.39. The van der Waals surface area contributed by atoms with E-state index in [0.29, 0.717) is 29.4 Å². The lowest BCUT2D eigenvalue weighted by atomic mass is 9.94. The number of methoxy groups -OCH3 is 1. The number of aromatic nitrogens is 2. The molecule has 1 aromatic carbocycles. The van der Waals surface area contributed by atoms with Crippen LogP contribution in [0.2, 0.25) is 0 Å². The highest BCUT2D eigenvalue weighted by atomic mass is 32.2. The minimum Gasteiger partial charge on any atom is -0.497 e. The highest BCUT2D eigenvalue weighted by molar-refractivity contribution is 7.89. The number of sulfonamides is 1. The van der Waals surface area contributed by atoms with Gasteiger partial charge in [-0.1, -0.05) is 18.6 Å². The van der Waals surface area contributed by atoms with Crippen LogP contribution in [0.25, 0.3) is 0 Å². The molecule has 0 saturated carbocycles. The molecule has 1 unspecified atom stereocenters. The normalized spacial score (nSPS) is 19.3. The maximum atomic E-state index is 13.3. The van der Waals surface area contributed by atoms with Gasteiger partial charge in [0.25, 0.3) is 0 Å². The fourth-order valence-electron chi connectivity index (χ4n) is 3.73. The molecule has 1 aliphatic rings. The van der Waals surface area contributed by atoms with Crippen molar-refractivity contribution in [3.8, 4) is 5.75 Å². The summed E-state index contributed by atoms with van der Waals surface area (Å²) in [5.41, 5.74) is 2.41. The van der Waals surface area contributed by atoms with Gasteiger partial charge in [-0.25, -0.2) is 8.42 Å². The van der Waals surface area contributed by atoms with Crippen LogP contribution in [0.3, 0.4) is 0 Å². The van der Waals surface area contributed by atoms with Crippen LogP contribution in [-0.2, 0) is 17.1 Å². The standard InChI is InChI=1S/C19H27N3O3S/c1-14-19(15(2)21(3)20-14)26(23,24)22-12-6-5-7-17(13-22)16-8-10-18(25-4)11-9-16/h8-11,17H,5-7,12-13H2,1-4H3. The molecule has 26 heavy (non-hydrogen) atoms. The Labute approximate surface area is 155 Å². The number of benzene rings is 1. The van der Waals surface area contributed by atoms with Crippen molar-refractivity contribution in [1.29, 1.82) is 0 Å². The molecule has 6 nitrogen and oxygen atoms in total. The predicted molar refractivity (Wildman–Crippen MR) is 101 cm³/mol. The summed E-state index contributed by atoms with van der Waals surface area (Å²) in [4.78, 5) is 0.357. The molecular formula is C19H27N3O3S. The van der Waals surface area contributed by atoms with Gasteiger partial charge in [-0.15, -0.1) is 0 Å². The lowest BCUT2D eigenvalue weighted by Crippen LogP contribution is -2.34. The predicted octanol–water partition coefficient (Wildman–Crippen LogP) is 3.00. The van der Waals surface area contributed by atoms with Crippen molar-refractivity contribution >= 4 is 10.0 Å². The molecule has 0 radical (unpaired) electrons. The maximum absolute atomic E-state index is 13.3. The van der Waals surface area contributed by atoms with Gasteiger partial charge in [-0.3, -0.25) is 4.68 Å². The molecule has 0 bridgehead atoms. The largest absolute Gasteiger partial charge is 0.497 e. The average Bonchev–Trinajstić information content (AvgIpc) is 2.81. The van der Waals surface area contributed by atoms with Gasteiger partial charge in [0.15, 0.2) is 0 Å². The topological polar surface area (TPSA) is 64.4 Å². The van der Waals surface area contributed by atoms with E-state index < -0.39 is 10.0 Å². The quantitative estimate of drug-likeness (QED) is 0.822. The van der Waals surface area contributed by atoms with Gasteiger partial charge in [0.05, 0.1) is 18.5 Å². The Morgan fingerprint density at radius 3 is 2.42 bits per heavy atom. The van der Waals surface area contributed by atoms with E-state index in [1.165, 1.54) is 0 Å². The highest BCUT2D eigenvalue weighted by Gasteiger charge is 2.33. The van der Waals surface area contributed by atoms with E-state index >= 15 is 0 Å². The Hall–Kier alpha value is -1.86. The van der Waals surface area contributed by atoms with E-state index in [9.17, 15) is 8.42 Å². The summed E-state index contributed by atoms with van der Waals surface area (Å²) in [6, 6.07) is 7.96. The molecule has 2 heterocycles. The van der Waals surface area contributed by atoms with Crippen molar-refractivity contribution in [2.24, 2.45) is 7.05 Å². The zero-order chi connectivity index (χ0) is 18.9. The molecule has 1 atom stereocenters. The first kappa shape index (κ1) is 18.9. The molecule has 0 aliphatic carbocycles. The number of aryl methyl sites for hydroxylation is 2. The summed E-state index contributed by atoms with van der Waals surface area (Å²) in [5, 5.41) is 4.29. The molecule has 2 aromatic rings. The molecule has 1 aliphatic heterocycles. The fraction of sp³-hybridized carbons (Fsp3) is 0.526. The van der Waals surface area contributed by atoms with Gasteiger partial charge in [-0.2, -0.15) is 9.40 Å². The van der Waals surface area contributed by atoms with E-state index in [1.807, 2.05) is 31.2 Å². The number of nitrogens with zero attached hydrogens (tertiary/aromatic N) is 3. The van der Waals surface area contributed by atoms with Gasteiger partial charge in [0, 0.05) is 20.1 Å². The number of rotatable bonds is 4. The van der Waals surface area contributed by atoms with Gasteiger partial charge >= 0.3 is 0 Å². The molecule has 142 valence electrons. The second-order valence-corrected chi connectivity index (χ2v) is 8.83. The SMILES string of the molecule is COc1ccc(C2CCCCN(S(=O)(=O)c3c(C)nn(C)c3C)C2)cc1. The van der Waals surface area contributed by atoms with E-state index in [0.717, 1.165) is 30.6 Å². The average molecular weight is 378 g/mol. The third kappa shape index (κ3) is 3.50. The summed E-state index contributed by atoms with van der Waals surface area (Å²) < 4.78 is 35.2. The van der Waals surface area contributed by atoms with Crippen molar-refractivity contribution < 1.29 is 13.2 Å². The van der Waals surface area contributed by atoms with Gasteiger partial charge < -0.3 is 4.74 Å². The van der Waals surface area contributed by atoms with E-state index in [4.69, 9.17) is 4.74 Å². The summed E-state index contributed by atoms with van der Waals surface area (Å²) in [6.45, 7) is 4.63. The summed E-state index contributed by atoms with van der Waals surface area (Å²) in [5.74, 6) is 1.00. The molecule has 1 aromatic heterocycles. The van der Waals surface area contributed by atoms with Crippen molar-refractivity contribution in [1.82, 2.24) is 14.1 Å². The van der Waals surface area contributed by atoms with Crippen LogP contribution in [0.4, 0.5) is 0 Å². The lowest BCUT2D eigenvalue weighted by molar-refractivity contribution is 0.404. The second kappa shape index (κ2) is 7.40. The first-order valence-electron chi connectivity index (χ1n) is 8.99. The molecule has 1 fully saturated rings. The number of hydrogen-bond donors (Lipinski definition) is 0. The smallest absolute Gasteiger partial charge is 0.246 e. The summed E-state index contributed by atoms with van der Waals surface area (Å²) in [7, 11) is -0.126. The third-order valence-corrected chi connectivity index (χ3v) is 7.38. The minimum atomic E-state index is -3.55. The molecule has 7 heteroatoms. The van der Waals surface area contributed by atoms with Crippen LogP contribution in [0, 0.1) is 13.8 Å². The fourth-order valence-corrected chi connectivity index (χ4v) is 5.65. The molecule has 3 rings (SSSR count). The molecular weight excluding hydrogens is 350 g/mol. The van der Waals surface area contributed by atoms with Crippen LogP contribution in [0.15, 0.2) is 29.2 Å². The molecule has 0 N–H and O–H groups in total. The Bertz CT molecular complexity index is 872. The number of hydrogen-bond acceptors (Lipinski definition) is 4. The van der Waals surface area contributed by atoms with Crippen LogP contribution in [0.1, 0.15) is 42.1 Å². The number of ether oxygens (including phenoxy) is 1. The van der Waals surface area contributed by atoms with Crippen LogP contribution in [0.5, 0.6) is 5.75 Å². The zero-order valence-electron chi connectivity index (χ0n) is 15.9. The first-order chi connectivity index (χ1) is 12.3.